The molecule has 8 heteroatoms. The number of hydrogen-bond acceptors (Lipinski definition) is 7. The van der Waals surface area contributed by atoms with E-state index in [9.17, 15) is 9.59 Å². The molecule has 39 heavy (non-hydrogen) atoms. The highest BCUT2D eigenvalue weighted by atomic mass is 16.6. The van der Waals surface area contributed by atoms with E-state index >= 15 is 0 Å². The van der Waals surface area contributed by atoms with Crippen LogP contribution in [0.15, 0.2) is 42.6 Å². The van der Waals surface area contributed by atoms with Crippen molar-refractivity contribution in [2.75, 3.05) is 27.4 Å². The van der Waals surface area contributed by atoms with Gasteiger partial charge >= 0.3 is 12.1 Å². The van der Waals surface area contributed by atoms with Crippen molar-refractivity contribution < 1.29 is 28.5 Å². The summed E-state index contributed by atoms with van der Waals surface area (Å²) in [6.45, 7) is 11.7. The largest absolute Gasteiger partial charge is 0.496 e. The topological polar surface area (TPSA) is 79.2 Å². The number of nitrogens with zero attached hydrogens (tertiary/aromatic N) is 2. The molecule has 2 unspecified atom stereocenters. The normalized spacial score (nSPS) is 18.2. The average molecular weight is 537 g/mol. The monoisotopic (exact) mass is 536 g/mol. The van der Waals surface area contributed by atoms with Crippen LogP contribution in [0, 0.1) is 6.92 Å². The van der Waals surface area contributed by atoms with Crippen molar-refractivity contribution in [3.63, 3.8) is 0 Å². The van der Waals surface area contributed by atoms with Gasteiger partial charge in [0.2, 0.25) is 0 Å². The number of carbonyl (C=O) groups excluding carboxylic acids is 2. The van der Waals surface area contributed by atoms with E-state index in [4.69, 9.17) is 18.9 Å². The Labute approximate surface area is 230 Å². The number of esters is 1. The lowest BCUT2D eigenvalue weighted by Crippen LogP contribution is -2.39. The molecule has 8 nitrogen and oxygen atoms in total. The molecule has 0 radical (unpaired) electrons. The van der Waals surface area contributed by atoms with Crippen LogP contribution in [-0.2, 0) is 20.8 Å². The second-order valence-electron chi connectivity index (χ2n) is 11.0. The lowest BCUT2D eigenvalue weighted by atomic mass is 9.91. The number of methoxy groups -OCH3 is 2. The third kappa shape index (κ3) is 6.28. The van der Waals surface area contributed by atoms with Crippen molar-refractivity contribution in [2.24, 2.45) is 0 Å². The molecule has 2 atom stereocenters. The van der Waals surface area contributed by atoms with E-state index in [1.54, 1.807) is 17.9 Å². The lowest BCUT2D eigenvalue weighted by Gasteiger charge is -2.40. The van der Waals surface area contributed by atoms with Crippen LogP contribution in [0.25, 0.3) is 10.9 Å². The van der Waals surface area contributed by atoms with E-state index in [0.717, 1.165) is 52.7 Å². The first-order valence-corrected chi connectivity index (χ1v) is 13.5. The highest BCUT2D eigenvalue weighted by Crippen LogP contribution is 2.38. The van der Waals surface area contributed by atoms with E-state index in [1.165, 1.54) is 7.11 Å². The number of rotatable bonds is 7. The Morgan fingerprint density at radius 2 is 1.79 bits per heavy atom. The molecule has 2 aromatic carbocycles. The first-order valence-electron chi connectivity index (χ1n) is 13.5. The van der Waals surface area contributed by atoms with Crippen LogP contribution in [0.1, 0.15) is 73.6 Å². The molecule has 0 spiro atoms. The standard InChI is InChI=1S/C31H40N2O6/c1-8-38-23-13-15-32(26(18-23)21-9-11-22(12-10-21)29(34)37-7)19-25-24-14-16-33(30(35)39-31(3,4)5)28(24)20(2)17-27(25)36-6/h9-12,14,16-17,23,26H,8,13,15,18-19H2,1-7H3. The molecule has 0 bridgehead atoms. The third-order valence-electron chi connectivity index (χ3n) is 7.19. The Balaban J connectivity index is 1.72. The molecule has 4 rings (SSSR count). The molecule has 0 saturated carbocycles. The zero-order valence-electron chi connectivity index (χ0n) is 24.1. The fourth-order valence-corrected chi connectivity index (χ4v) is 5.44. The smallest absolute Gasteiger partial charge is 0.419 e. The maximum atomic E-state index is 13.0. The molecule has 1 saturated heterocycles. The summed E-state index contributed by atoms with van der Waals surface area (Å²) < 4.78 is 24.0. The Kier molecular flexibility index (Phi) is 8.67. The summed E-state index contributed by atoms with van der Waals surface area (Å²) >= 11 is 0. The van der Waals surface area contributed by atoms with E-state index in [1.807, 2.05) is 71.0 Å². The van der Waals surface area contributed by atoms with Crippen LogP contribution in [0.5, 0.6) is 5.75 Å². The highest BCUT2D eigenvalue weighted by molar-refractivity contribution is 5.95. The molecular formula is C31H40N2O6. The van der Waals surface area contributed by atoms with Gasteiger partial charge in [0.1, 0.15) is 11.4 Å². The van der Waals surface area contributed by atoms with Crippen LogP contribution in [0.4, 0.5) is 4.79 Å². The number of aromatic nitrogens is 1. The summed E-state index contributed by atoms with van der Waals surface area (Å²) in [5.74, 6) is 0.434. The van der Waals surface area contributed by atoms with Gasteiger partial charge < -0.3 is 18.9 Å². The number of aryl methyl sites for hydroxylation is 1. The number of ether oxygens (including phenoxy) is 4. The molecular weight excluding hydrogens is 496 g/mol. The second-order valence-corrected chi connectivity index (χ2v) is 11.0. The van der Waals surface area contributed by atoms with Gasteiger partial charge in [-0.25, -0.2) is 9.59 Å². The number of hydrogen-bond donors (Lipinski definition) is 0. The van der Waals surface area contributed by atoms with Crippen LogP contribution >= 0.6 is 0 Å². The van der Waals surface area contributed by atoms with Crippen LogP contribution < -0.4 is 4.74 Å². The molecule has 210 valence electrons. The number of carbonyl (C=O) groups is 2. The van der Waals surface area contributed by atoms with E-state index in [0.29, 0.717) is 18.7 Å². The van der Waals surface area contributed by atoms with Gasteiger partial charge in [0.05, 0.1) is 31.4 Å². The minimum Gasteiger partial charge on any atom is -0.496 e. The lowest BCUT2D eigenvalue weighted by molar-refractivity contribution is -0.0138. The minimum absolute atomic E-state index is 0.0796. The van der Waals surface area contributed by atoms with Crippen molar-refractivity contribution in [3.05, 3.63) is 64.8 Å². The third-order valence-corrected chi connectivity index (χ3v) is 7.19. The Hall–Kier alpha value is -3.36. The second kappa shape index (κ2) is 11.8. The molecule has 1 aliphatic rings. The summed E-state index contributed by atoms with van der Waals surface area (Å²) in [5.41, 5.74) is 3.82. The van der Waals surface area contributed by atoms with Gasteiger partial charge in [-0.2, -0.15) is 0 Å². The molecule has 0 aliphatic carbocycles. The Morgan fingerprint density at radius 3 is 2.41 bits per heavy atom. The Morgan fingerprint density at radius 1 is 1.08 bits per heavy atom. The highest BCUT2D eigenvalue weighted by Gasteiger charge is 2.32. The van der Waals surface area contributed by atoms with Gasteiger partial charge in [0.25, 0.3) is 0 Å². The van der Waals surface area contributed by atoms with Crippen molar-refractivity contribution in [2.45, 2.75) is 71.8 Å². The molecule has 1 fully saturated rings. The molecule has 1 aliphatic heterocycles. The number of fused-ring (bicyclic) bond motifs is 1. The van der Waals surface area contributed by atoms with Crippen molar-refractivity contribution in [1.82, 2.24) is 9.47 Å². The van der Waals surface area contributed by atoms with Crippen molar-refractivity contribution in [1.29, 1.82) is 0 Å². The summed E-state index contributed by atoms with van der Waals surface area (Å²) in [4.78, 5) is 27.4. The quantitative estimate of drug-likeness (QED) is 0.329. The van der Waals surface area contributed by atoms with Crippen LogP contribution in [0.2, 0.25) is 0 Å². The van der Waals surface area contributed by atoms with Crippen LogP contribution in [-0.4, -0.2) is 60.6 Å². The molecule has 3 aromatic rings. The van der Waals surface area contributed by atoms with Gasteiger partial charge in [-0.05, 0) is 82.9 Å². The maximum Gasteiger partial charge on any atom is 0.419 e. The predicted molar refractivity (Wildman–Crippen MR) is 150 cm³/mol. The predicted octanol–water partition coefficient (Wildman–Crippen LogP) is 6.27. The average Bonchev–Trinajstić information content (AvgIpc) is 3.36. The first-order chi connectivity index (χ1) is 18.6. The van der Waals surface area contributed by atoms with Gasteiger partial charge in [0, 0.05) is 42.9 Å². The van der Waals surface area contributed by atoms with Crippen LogP contribution in [0.3, 0.4) is 0 Å². The first kappa shape index (κ1) is 28.6. The summed E-state index contributed by atoms with van der Waals surface area (Å²) in [7, 11) is 3.07. The maximum absolute atomic E-state index is 13.0. The summed E-state index contributed by atoms with van der Waals surface area (Å²) in [6, 6.07) is 11.7. The van der Waals surface area contributed by atoms with Crippen molar-refractivity contribution in [3.8, 4) is 5.75 Å². The zero-order chi connectivity index (χ0) is 28.3. The molecule has 0 amide bonds. The van der Waals surface area contributed by atoms with E-state index < -0.39 is 11.7 Å². The fraction of sp³-hybridized carbons (Fsp3) is 0.484. The number of benzene rings is 2. The summed E-state index contributed by atoms with van der Waals surface area (Å²) in [6.07, 6.45) is 3.28. The van der Waals surface area contributed by atoms with Gasteiger partial charge in [0.15, 0.2) is 0 Å². The van der Waals surface area contributed by atoms with Gasteiger partial charge in [-0.15, -0.1) is 0 Å². The van der Waals surface area contributed by atoms with Crippen molar-refractivity contribution >= 4 is 23.0 Å². The molecule has 2 heterocycles. The van der Waals surface area contributed by atoms with E-state index in [2.05, 4.69) is 4.90 Å². The summed E-state index contributed by atoms with van der Waals surface area (Å²) in [5, 5.41) is 0.962. The number of piperidine rings is 1. The Bertz CT molecular complexity index is 1320. The number of likely N-dealkylation sites (tertiary alicyclic amines) is 1. The fourth-order valence-electron chi connectivity index (χ4n) is 5.44. The van der Waals surface area contributed by atoms with E-state index in [-0.39, 0.29) is 18.1 Å². The molecule has 1 aromatic heterocycles. The minimum atomic E-state index is -0.599. The zero-order valence-corrected chi connectivity index (χ0v) is 24.1. The van der Waals surface area contributed by atoms with Gasteiger partial charge in [-0.1, -0.05) is 12.1 Å². The molecule has 0 N–H and O–H groups in total. The van der Waals surface area contributed by atoms with Gasteiger partial charge in [-0.3, -0.25) is 9.47 Å². The SMILES string of the molecule is CCOC1CCN(Cc2c(OC)cc(C)c3c2ccn3C(=O)OC(C)(C)C)C(c2ccc(C(=O)OC)cc2)C1.